The van der Waals surface area contributed by atoms with Crippen molar-refractivity contribution in [2.75, 3.05) is 13.2 Å². The number of ether oxygens (including phenoxy) is 3. The van der Waals surface area contributed by atoms with Gasteiger partial charge in [-0.15, -0.1) is 13.2 Å². The number of benzene rings is 3. The number of rotatable bonds is 7. The largest absolute Gasteiger partial charge is 0.573 e. The molecule has 0 N–H and O–H groups in total. The first kappa shape index (κ1) is 28.9. The minimum atomic E-state index is -4.95. The maximum Gasteiger partial charge on any atom is 0.573 e. The molecule has 3 heterocycles. The predicted octanol–water partition coefficient (Wildman–Crippen LogP) is 8.12. The van der Waals surface area contributed by atoms with Gasteiger partial charge in [-0.05, 0) is 61.4 Å². The molecule has 0 unspecified atom stereocenters. The van der Waals surface area contributed by atoms with Gasteiger partial charge in [0.05, 0.1) is 17.7 Å². The van der Waals surface area contributed by atoms with Crippen LogP contribution in [0.15, 0.2) is 78.9 Å². The van der Waals surface area contributed by atoms with E-state index in [1.807, 2.05) is 36.4 Å². The Labute approximate surface area is 240 Å². The van der Waals surface area contributed by atoms with Crippen molar-refractivity contribution >= 4 is 0 Å². The van der Waals surface area contributed by atoms with Gasteiger partial charge in [0.2, 0.25) is 0 Å². The molecule has 0 aromatic heterocycles. The van der Waals surface area contributed by atoms with Gasteiger partial charge in [-0.3, -0.25) is 4.90 Å². The SMILES string of the molecule is FC(F)(F)COc1ccc(OC(F)(F)F)cc1[C@H]1CO[C@]2(CC[C@H]3CC[C@]2(c2ccccc2)N3Cc2ccccc2)C1. The van der Waals surface area contributed by atoms with Crippen LogP contribution < -0.4 is 9.47 Å². The molecule has 4 atom stereocenters. The predicted molar refractivity (Wildman–Crippen MR) is 143 cm³/mol. The van der Waals surface area contributed by atoms with Crippen LogP contribution in [0.2, 0.25) is 0 Å². The van der Waals surface area contributed by atoms with Crippen LogP contribution in [-0.4, -0.2) is 42.3 Å². The molecule has 224 valence electrons. The molecule has 3 saturated heterocycles. The molecular formula is C32H31F6NO3. The highest BCUT2D eigenvalue weighted by atomic mass is 19.4. The summed E-state index contributed by atoms with van der Waals surface area (Å²) in [6.45, 7) is -0.722. The van der Waals surface area contributed by atoms with E-state index >= 15 is 0 Å². The second-order valence-corrected chi connectivity index (χ2v) is 11.4. The summed E-state index contributed by atoms with van der Waals surface area (Å²) in [5, 5.41) is 0. The van der Waals surface area contributed by atoms with Gasteiger partial charge in [-0.25, -0.2) is 0 Å². The van der Waals surface area contributed by atoms with Gasteiger partial charge in [-0.1, -0.05) is 60.7 Å². The Morgan fingerprint density at radius 2 is 1.55 bits per heavy atom. The molecule has 2 bridgehead atoms. The van der Waals surface area contributed by atoms with Crippen molar-refractivity contribution in [3.8, 4) is 11.5 Å². The lowest BCUT2D eigenvalue weighted by atomic mass is 9.66. The fourth-order valence-electron chi connectivity index (χ4n) is 7.49. The van der Waals surface area contributed by atoms with Crippen LogP contribution in [0.5, 0.6) is 11.5 Å². The summed E-state index contributed by atoms with van der Waals surface area (Å²) in [7, 11) is 0. The summed E-state index contributed by atoms with van der Waals surface area (Å²) in [4.78, 5) is 2.52. The van der Waals surface area contributed by atoms with Crippen molar-refractivity contribution in [3.63, 3.8) is 0 Å². The summed E-state index contributed by atoms with van der Waals surface area (Å²) < 4.78 is 94.4. The molecule has 3 aliphatic rings. The lowest BCUT2D eigenvalue weighted by Gasteiger charge is -2.56. The zero-order chi connectivity index (χ0) is 29.6. The highest BCUT2D eigenvalue weighted by Crippen LogP contribution is 2.62. The maximum absolute atomic E-state index is 13.1. The van der Waals surface area contributed by atoms with Crippen molar-refractivity contribution in [2.24, 2.45) is 0 Å². The Kier molecular flexibility index (Phi) is 7.42. The van der Waals surface area contributed by atoms with E-state index in [-0.39, 0.29) is 17.9 Å². The van der Waals surface area contributed by atoms with Gasteiger partial charge < -0.3 is 14.2 Å². The van der Waals surface area contributed by atoms with Crippen molar-refractivity contribution in [2.45, 2.75) is 74.3 Å². The van der Waals surface area contributed by atoms with Gasteiger partial charge in [0.15, 0.2) is 6.61 Å². The van der Waals surface area contributed by atoms with Gasteiger partial charge in [0.1, 0.15) is 11.5 Å². The smallest absolute Gasteiger partial charge is 0.484 e. The molecule has 3 fully saturated rings. The van der Waals surface area contributed by atoms with Crippen molar-refractivity contribution < 1.29 is 40.6 Å². The Bertz CT molecular complexity index is 1380. The van der Waals surface area contributed by atoms with Gasteiger partial charge in [0, 0.05) is 24.1 Å². The van der Waals surface area contributed by atoms with E-state index in [4.69, 9.17) is 9.47 Å². The van der Waals surface area contributed by atoms with Crippen LogP contribution in [0.4, 0.5) is 26.3 Å². The van der Waals surface area contributed by atoms with Crippen LogP contribution in [-0.2, 0) is 16.8 Å². The second-order valence-electron chi connectivity index (χ2n) is 11.4. The van der Waals surface area contributed by atoms with E-state index in [1.54, 1.807) is 0 Å². The molecule has 3 aromatic carbocycles. The average Bonchev–Trinajstić information content (AvgIpc) is 3.49. The van der Waals surface area contributed by atoms with Crippen molar-refractivity contribution in [1.82, 2.24) is 4.90 Å². The minimum Gasteiger partial charge on any atom is -0.484 e. The maximum atomic E-state index is 13.1. The first-order valence-electron chi connectivity index (χ1n) is 14.1. The molecule has 3 aliphatic heterocycles. The van der Waals surface area contributed by atoms with Gasteiger partial charge >= 0.3 is 12.5 Å². The standard InChI is InChI=1S/C32H31F6NO3/c33-31(34,35)21-40-28-12-11-26(42-32(36,37)38)17-27(28)23-18-29(41-20-23)15-13-25-14-16-30(29,24-9-5-2-6-10-24)39(25)19-22-7-3-1-4-8-22/h1-12,17,23,25H,13-16,18-21H2/t23-,25+,29-,30-/m1/s1. The molecule has 0 saturated carbocycles. The van der Waals surface area contributed by atoms with E-state index in [9.17, 15) is 26.3 Å². The molecule has 1 spiro atoms. The third-order valence-electron chi connectivity index (χ3n) is 9.04. The fourth-order valence-corrected chi connectivity index (χ4v) is 7.49. The van der Waals surface area contributed by atoms with Crippen LogP contribution in [0.1, 0.15) is 54.7 Å². The summed E-state index contributed by atoms with van der Waals surface area (Å²) in [5.74, 6) is -1.13. The van der Waals surface area contributed by atoms with Gasteiger partial charge in [-0.2, -0.15) is 13.2 Å². The van der Waals surface area contributed by atoms with Crippen LogP contribution in [0, 0.1) is 0 Å². The summed E-state index contributed by atoms with van der Waals surface area (Å²) >= 11 is 0. The molecule has 10 heteroatoms. The molecule has 6 rings (SSSR count). The zero-order valence-corrected chi connectivity index (χ0v) is 22.8. The number of nitrogens with zero attached hydrogens (tertiary/aromatic N) is 1. The summed E-state index contributed by atoms with van der Waals surface area (Å²) in [5.41, 5.74) is 1.26. The van der Waals surface area contributed by atoms with Crippen molar-refractivity contribution in [3.05, 3.63) is 95.6 Å². The highest BCUT2D eigenvalue weighted by Gasteiger charge is 2.66. The number of hydrogen-bond acceptors (Lipinski definition) is 4. The minimum absolute atomic E-state index is 0.123. The van der Waals surface area contributed by atoms with E-state index in [2.05, 4.69) is 33.9 Å². The Hall–Kier alpha value is -3.24. The highest BCUT2D eigenvalue weighted by molar-refractivity contribution is 5.45. The number of alkyl halides is 6. The summed E-state index contributed by atoms with van der Waals surface area (Å²) in [6.07, 6.45) is -5.74. The van der Waals surface area contributed by atoms with Crippen LogP contribution in [0.25, 0.3) is 0 Å². The monoisotopic (exact) mass is 591 g/mol. The first-order chi connectivity index (χ1) is 20.0. The number of halogens is 6. The lowest BCUT2D eigenvalue weighted by molar-refractivity contribution is -0.274. The Balaban J connectivity index is 1.39. The third-order valence-corrected chi connectivity index (χ3v) is 9.04. The van der Waals surface area contributed by atoms with Gasteiger partial charge in [0.25, 0.3) is 0 Å². The van der Waals surface area contributed by atoms with E-state index in [0.29, 0.717) is 19.0 Å². The molecule has 0 aliphatic carbocycles. The summed E-state index contributed by atoms with van der Waals surface area (Å²) in [6, 6.07) is 23.9. The topological polar surface area (TPSA) is 30.9 Å². The molecule has 0 amide bonds. The normalized spacial score (nSPS) is 27.9. The number of hydrogen-bond donors (Lipinski definition) is 0. The van der Waals surface area contributed by atoms with E-state index in [0.717, 1.165) is 55.0 Å². The average molecular weight is 592 g/mol. The second kappa shape index (κ2) is 10.8. The fraction of sp³-hybridized carbons (Fsp3) is 0.438. The number of piperidine rings is 1. The zero-order valence-electron chi connectivity index (χ0n) is 22.8. The third kappa shape index (κ3) is 5.46. The molecular weight excluding hydrogens is 560 g/mol. The Morgan fingerprint density at radius 3 is 2.24 bits per heavy atom. The van der Waals surface area contributed by atoms with E-state index < -0.39 is 42.0 Å². The van der Waals surface area contributed by atoms with E-state index in [1.165, 1.54) is 0 Å². The quantitative estimate of drug-likeness (QED) is 0.260. The van der Waals surface area contributed by atoms with Crippen LogP contribution >= 0.6 is 0 Å². The lowest BCUT2D eigenvalue weighted by Crippen LogP contribution is -2.63. The molecule has 3 aromatic rings. The van der Waals surface area contributed by atoms with Crippen molar-refractivity contribution in [1.29, 1.82) is 0 Å². The molecule has 0 radical (unpaired) electrons. The van der Waals surface area contributed by atoms with Crippen LogP contribution in [0.3, 0.4) is 0 Å². The molecule has 42 heavy (non-hydrogen) atoms. The first-order valence-corrected chi connectivity index (χ1v) is 14.1. The number of fused-ring (bicyclic) bond motifs is 3. The molecule has 4 nitrogen and oxygen atoms in total. The Morgan fingerprint density at radius 1 is 0.857 bits per heavy atom.